The van der Waals surface area contributed by atoms with Crippen LogP contribution in [0.1, 0.15) is 23.6 Å². The van der Waals surface area contributed by atoms with Crippen LogP contribution in [-0.4, -0.2) is 32.8 Å². The minimum Gasteiger partial charge on any atom is -0.364 e. The number of aromatic amines is 1. The normalized spacial score (nSPS) is 15.1. The Labute approximate surface area is 219 Å². The lowest BCUT2D eigenvalue weighted by Crippen LogP contribution is -2.34. The van der Waals surface area contributed by atoms with Crippen molar-refractivity contribution in [2.24, 2.45) is 5.10 Å². The first-order chi connectivity index (χ1) is 17.4. The first-order valence-corrected chi connectivity index (χ1v) is 12.3. The molecule has 0 fully saturated rings. The number of thiocarbonyl (C=S) groups is 1. The van der Waals surface area contributed by atoms with Crippen LogP contribution in [0.4, 0.5) is 5.69 Å². The summed E-state index contributed by atoms with van der Waals surface area (Å²) in [6, 6.07) is 21.4. The number of pyridine rings is 1. The SMILES string of the molecule is CNC(=S)N1N=C(c2c(-c3ccccc3)c3cc(Br)ccc3[nH]c2=O)CC1c1cccc([N+](=O)[O-])c1. The number of benzene rings is 3. The molecule has 0 radical (unpaired) electrons. The van der Waals surface area contributed by atoms with Gasteiger partial charge in [-0.2, -0.15) is 5.10 Å². The zero-order valence-corrected chi connectivity index (χ0v) is 21.5. The Morgan fingerprint density at radius 2 is 1.92 bits per heavy atom. The summed E-state index contributed by atoms with van der Waals surface area (Å²) in [5.41, 5.74) is 3.75. The van der Waals surface area contributed by atoms with Gasteiger partial charge in [-0.1, -0.05) is 58.4 Å². The van der Waals surface area contributed by atoms with Crippen molar-refractivity contribution < 1.29 is 4.92 Å². The molecule has 8 nitrogen and oxygen atoms in total. The van der Waals surface area contributed by atoms with E-state index >= 15 is 0 Å². The molecule has 36 heavy (non-hydrogen) atoms. The minimum atomic E-state index is -0.430. The number of nitro groups is 1. The van der Waals surface area contributed by atoms with Crippen LogP contribution in [0.5, 0.6) is 0 Å². The molecule has 1 aromatic heterocycles. The molecule has 1 unspecified atom stereocenters. The van der Waals surface area contributed by atoms with E-state index in [0.717, 1.165) is 21.0 Å². The molecule has 1 atom stereocenters. The van der Waals surface area contributed by atoms with Gasteiger partial charge in [0.2, 0.25) is 0 Å². The zero-order chi connectivity index (χ0) is 25.4. The Hall–Kier alpha value is -3.89. The number of hydrogen-bond acceptors (Lipinski definition) is 5. The standard InChI is InChI=1S/C26H20BrN5O3S/c1-28-26(36)31-22(16-8-5-9-18(12-16)32(34)35)14-21(30-31)24-23(15-6-3-2-4-7-15)19-13-17(27)10-11-20(19)29-25(24)33/h2-13,22H,14H2,1H3,(H,28,36)(H,29,33). The van der Waals surface area contributed by atoms with Gasteiger partial charge in [0.15, 0.2) is 5.11 Å². The van der Waals surface area contributed by atoms with Crippen molar-refractivity contribution >= 4 is 55.6 Å². The highest BCUT2D eigenvalue weighted by Crippen LogP contribution is 2.38. The third-order valence-corrected chi connectivity index (χ3v) is 7.01. The number of non-ortho nitro benzene ring substituents is 1. The quantitative estimate of drug-likeness (QED) is 0.193. The molecule has 4 aromatic rings. The molecule has 0 spiro atoms. The van der Waals surface area contributed by atoms with Crippen molar-refractivity contribution in [3.63, 3.8) is 0 Å². The van der Waals surface area contributed by atoms with E-state index in [2.05, 4.69) is 26.2 Å². The van der Waals surface area contributed by atoms with E-state index in [1.54, 1.807) is 24.2 Å². The molecule has 1 aliphatic heterocycles. The fourth-order valence-electron chi connectivity index (χ4n) is 4.51. The number of fused-ring (bicyclic) bond motifs is 1. The summed E-state index contributed by atoms with van der Waals surface area (Å²) in [7, 11) is 1.69. The highest BCUT2D eigenvalue weighted by atomic mass is 79.9. The molecule has 0 bridgehead atoms. The molecule has 2 heterocycles. The van der Waals surface area contributed by atoms with E-state index < -0.39 is 11.0 Å². The lowest BCUT2D eigenvalue weighted by molar-refractivity contribution is -0.384. The Morgan fingerprint density at radius 1 is 1.14 bits per heavy atom. The fraction of sp³-hybridized carbons (Fsp3) is 0.115. The lowest BCUT2D eigenvalue weighted by atomic mass is 9.91. The van der Waals surface area contributed by atoms with Crippen LogP contribution >= 0.6 is 28.1 Å². The number of halogens is 1. The maximum atomic E-state index is 13.5. The van der Waals surface area contributed by atoms with Gasteiger partial charge < -0.3 is 10.3 Å². The molecule has 180 valence electrons. The van der Waals surface area contributed by atoms with E-state index in [1.165, 1.54) is 12.1 Å². The zero-order valence-electron chi connectivity index (χ0n) is 19.1. The molecule has 0 amide bonds. The molecule has 5 rings (SSSR count). The predicted octanol–water partition coefficient (Wildman–Crippen LogP) is 5.52. The Bertz CT molecular complexity index is 1600. The fourth-order valence-corrected chi connectivity index (χ4v) is 5.04. The number of aromatic nitrogens is 1. The van der Waals surface area contributed by atoms with Gasteiger partial charge in [0.1, 0.15) is 0 Å². The topological polar surface area (TPSA) is 104 Å². The number of rotatable bonds is 4. The van der Waals surface area contributed by atoms with Crippen molar-refractivity contribution in [2.45, 2.75) is 12.5 Å². The summed E-state index contributed by atoms with van der Waals surface area (Å²) in [6.45, 7) is 0. The number of H-pyrrole nitrogens is 1. The summed E-state index contributed by atoms with van der Waals surface area (Å²) in [6.07, 6.45) is 0.339. The second kappa shape index (κ2) is 9.63. The van der Waals surface area contributed by atoms with E-state index in [9.17, 15) is 14.9 Å². The highest BCUT2D eigenvalue weighted by molar-refractivity contribution is 9.10. The average molecular weight is 562 g/mol. The number of hydrogen-bond donors (Lipinski definition) is 2. The molecular formula is C26H20BrN5O3S. The third-order valence-electron chi connectivity index (χ3n) is 6.13. The van der Waals surface area contributed by atoms with Gasteiger partial charge in [-0.3, -0.25) is 14.9 Å². The van der Waals surface area contributed by atoms with Gasteiger partial charge in [-0.25, -0.2) is 5.01 Å². The maximum Gasteiger partial charge on any atom is 0.269 e. The average Bonchev–Trinajstić information content (AvgIpc) is 3.33. The molecular weight excluding hydrogens is 542 g/mol. The smallest absolute Gasteiger partial charge is 0.269 e. The molecule has 0 saturated heterocycles. The molecule has 2 N–H and O–H groups in total. The van der Waals surface area contributed by atoms with E-state index in [1.807, 2.05) is 48.5 Å². The second-order valence-corrected chi connectivity index (χ2v) is 9.58. The van der Waals surface area contributed by atoms with Crippen LogP contribution in [0.2, 0.25) is 0 Å². The highest BCUT2D eigenvalue weighted by Gasteiger charge is 2.34. The van der Waals surface area contributed by atoms with Gasteiger partial charge in [0.05, 0.1) is 22.2 Å². The first-order valence-electron chi connectivity index (χ1n) is 11.1. The summed E-state index contributed by atoms with van der Waals surface area (Å²) in [5.74, 6) is 0. The summed E-state index contributed by atoms with van der Waals surface area (Å²) in [4.78, 5) is 27.5. The maximum absolute atomic E-state index is 13.5. The summed E-state index contributed by atoms with van der Waals surface area (Å²) >= 11 is 9.07. The summed E-state index contributed by atoms with van der Waals surface area (Å²) < 4.78 is 0.881. The van der Waals surface area contributed by atoms with E-state index in [4.69, 9.17) is 17.3 Å². The monoisotopic (exact) mass is 561 g/mol. The Kier molecular flexibility index (Phi) is 6.38. The van der Waals surface area contributed by atoms with Gasteiger partial charge >= 0.3 is 0 Å². The minimum absolute atomic E-state index is 0.0188. The van der Waals surface area contributed by atoms with Gasteiger partial charge in [-0.15, -0.1) is 0 Å². The van der Waals surface area contributed by atoms with Crippen LogP contribution in [0, 0.1) is 10.1 Å². The van der Waals surface area contributed by atoms with Crippen LogP contribution in [-0.2, 0) is 0 Å². The van der Waals surface area contributed by atoms with Crippen molar-refractivity contribution in [3.05, 3.63) is 109 Å². The number of nitro benzene ring substituents is 1. The number of nitrogens with zero attached hydrogens (tertiary/aromatic N) is 3. The predicted molar refractivity (Wildman–Crippen MR) is 148 cm³/mol. The van der Waals surface area contributed by atoms with Crippen molar-refractivity contribution in [1.29, 1.82) is 0 Å². The van der Waals surface area contributed by atoms with Gasteiger partial charge in [-0.05, 0) is 41.5 Å². The van der Waals surface area contributed by atoms with E-state index in [0.29, 0.717) is 33.9 Å². The molecule has 1 aliphatic rings. The number of nitrogens with one attached hydrogen (secondary N) is 2. The van der Waals surface area contributed by atoms with Crippen molar-refractivity contribution in [3.8, 4) is 11.1 Å². The summed E-state index contributed by atoms with van der Waals surface area (Å²) in [5, 5.41) is 22.0. The van der Waals surface area contributed by atoms with Crippen molar-refractivity contribution in [2.75, 3.05) is 7.05 Å². The van der Waals surface area contributed by atoms with Crippen LogP contribution in [0.25, 0.3) is 22.0 Å². The largest absolute Gasteiger partial charge is 0.364 e. The van der Waals surface area contributed by atoms with Crippen molar-refractivity contribution in [1.82, 2.24) is 15.3 Å². The van der Waals surface area contributed by atoms with Crippen LogP contribution in [0.15, 0.2) is 87.2 Å². The number of hydrazone groups is 1. The van der Waals surface area contributed by atoms with Gasteiger partial charge in [0.25, 0.3) is 11.2 Å². The first kappa shape index (κ1) is 23.8. The molecule has 0 aliphatic carbocycles. The molecule has 3 aromatic carbocycles. The second-order valence-electron chi connectivity index (χ2n) is 8.28. The van der Waals surface area contributed by atoms with E-state index in [-0.39, 0.29) is 11.2 Å². The van der Waals surface area contributed by atoms with Gasteiger partial charge in [0, 0.05) is 46.5 Å². The van der Waals surface area contributed by atoms with Crippen LogP contribution in [0.3, 0.4) is 0 Å². The van der Waals surface area contributed by atoms with Crippen LogP contribution < -0.4 is 10.9 Å². The Morgan fingerprint density at radius 3 is 2.64 bits per heavy atom. The molecule has 0 saturated carbocycles. The lowest BCUT2D eigenvalue weighted by Gasteiger charge is -2.23. The molecule has 10 heteroatoms. The Balaban J connectivity index is 1.73. The third kappa shape index (κ3) is 4.29.